The van der Waals surface area contributed by atoms with Gasteiger partial charge in [0.15, 0.2) is 0 Å². The zero-order valence-corrected chi connectivity index (χ0v) is 15.8. The molecule has 2 aromatic rings. The van der Waals surface area contributed by atoms with Crippen molar-refractivity contribution in [3.63, 3.8) is 0 Å². The Hall–Kier alpha value is -1.20. The first-order valence-electron chi connectivity index (χ1n) is 7.54. The van der Waals surface area contributed by atoms with Crippen LogP contribution in [0.25, 0.3) is 0 Å². The summed E-state index contributed by atoms with van der Waals surface area (Å²) in [6, 6.07) is 17.1. The molecule has 0 aliphatic rings. The van der Waals surface area contributed by atoms with Gasteiger partial charge < -0.3 is 11.1 Å². The molecule has 2 atom stereocenters. The van der Waals surface area contributed by atoms with E-state index in [1.807, 2.05) is 61.5 Å². The summed E-state index contributed by atoms with van der Waals surface area (Å²) < 4.78 is 0. The van der Waals surface area contributed by atoms with Crippen molar-refractivity contribution in [3.05, 3.63) is 65.2 Å². The second-order valence-electron chi connectivity index (χ2n) is 5.32. The molecule has 3 nitrogen and oxygen atoms in total. The molecule has 0 saturated heterocycles. The van der Waals surface area contributed by atoms with Gasteiger partial charge in [-0.15, -0.1) is 24.2 Å². The summed E-state index contributed by atoms with van der Waals surface area (Å²) in [6.45, 7) is 2.47. The molecule has 0 heterocycles. The van der Waals surface area contributed by atoms with E-state index >= 15 is 0 Å². The van der Waals surface area contributed by atoms with Gasteiger partial charge in [-0.3, -0.25) is 4.79 Å². The highest BCUT2D eigenvalue weighted by molar-refractivity contribution is 7.99. The molecule has 6 heteroatoms. The van der Waals surface area contributed by atoms with Crippen molar-refractivity contribution in [3.8, 4) is 0 Å². The maximum Gasteiger partial charge on any atom is 0.224 e. The van der Waals surface area contributed by atoms with Crippen LogP contribution < -0.4 is 11.1 Å². The lowest BCUT2D eigenvalue weighted by molar-refractivity contribution is -0.125. The number of thioether (sulfide) groups is 1. The van der Waals surface area contributed by atoms with Crippen molar-refractivity contribution in [1.29, 1.82) is 0 Å². The van der Waals surface area contributed by atoms with Gasteiger partial charge in [-0.25, -0.2) is 0 Å². The van der Waals surface area contributed by atoms with Crippen molar-refractivity contribution >= 4 is 41.7 Å². The van der Waals surface area contributed by atoms with E-state index in [2.05, 4.69) is 5.32 Å². The number of hydrogen-bond donors (Lipinski definition) is 2. The molecule has 0 bridgehead atoms. The van der Waals surface area contributed by atoms with E-state index in [0.29, 0.717) is 6.54 Å². The van der Waals surface area contributed by atoms with Crippen molar-refractivity contribution in [2.75, 3.05) is 12.3 Å². The molecule has 1 amide bonds. The third kappa shape index (κ3) is 6.36. The Morgan fingerprint density at radius 3 is 2.42 bits per heavy atom. The van der Waals surface area contributed by atoms with Crippen molar-refractivity contribution < 1.29 is 4.79 Å². The normalized spacial score (nSPS) is 12.8. The smallest absolute Gasteiger partial charge is 0.224 e. The Morgan fingerprint density at radius 2 is 1.79 bits per heavy atom. The molecular weight excluding hydrogens is 363 g/mol. The van der Waals surface area contributed by atoms with E-state index in [-0.39, 0.29) is 30.3 Å². The number of halogens is 2. The predicted octanol–water partition coefficient (Wildman–Crippen LogP) is 4.31. The Morgan fingerprint density at radius 1 is 1.17 bits per heavy atom. The van der Waals surface area contributed by atoms with Crippen LogP contribution in [0.3, 0.4) is 0 Å². The second-order valence-corrected chi connectivity index (χ2v) is 6.92. The van der Waals surface area contributed by atoms with E-state index < -0.39 is 0 Å². The van der Waals surface area contributed by atoms with E-state index in [9.17, 15) is 4.79 Å². The van der Waals surface area contributed by atoms with Gasteiger partial charge in [-0.05, 0) is 29.8 Å². The maximum absolute atomic E-state index is 12.2. The highest BCUT2D eigenvalue weighted by atomic mass is 35.5. The van der Waals surface area contributed by atoms with Crippen molar-refractivity contribution in [1.82, 2.24) is 5.32 Å². The van der Waals surface area contributed by atoms with Crippen LogP contribution in [0.2, 0.25) is 5.02 Å². The summed E-state index contributed by atoms with van der Waals surface area (Å²) in [5.41, 5.74) is 7.15. The zero-order chi connectivity index (χ0) is 16.7. The summed E-state index contributed by atoms with van der Waals surface area (Å²) >= 11 is 7.53. The summed E-state index contributed by atoms with van der Waals surface area (Å²) in [6.07, 6.45) is 0. The molecule has 0 aliphatic heterocycles. The summed E-state index contributed by atoms with van der Waals surface area (Å²) in [7, 11) is 0. The van der Waals surface area contributed by atoms with Crippen LogP contribution in [0, 0.1) is 5.92 Å². The largest absolute Gasteiger partial charge is 0.355 e. The minimum Gasteiger partial charge on any atom is -0.355 e. The van der Waals surface area contributed by atoms with Gasteiger partial charge in [0.05, 0.1) is 5.92 Å². The van der Waals surface area contributed by atoms with Gasteiger partial charge in [0.1, 0.15) is 0 Å². The van der Waals surface area contributed by atoms with Crippen LogP contribution in [0.15, 0.2) is 59.5 Å². The Bertz CT molecular complexity index is 623. The Balaban J connectivity index is 0.00000288. The number of hydrogen-bond acceptors (Lipinski definition) is 3. The molecule has 3 N–H and O–H groups in total. The van der Waals surface area contributed by atoms with Crippen molar-refractivity contribution in [2.45, 2.75) is 17.9 Å². The first kappa shape index (κ1) is 20.8. The lowest BCUT2D eigenvalue weighted by Crippen LogP contribution is -2.36. The standard InChI is InChI=1S/C18H21ClN2OS.ClH/c1-13(17(20)14-5-3-2-4-6-14)18(22)21-11-12-23-16-9-7-15(19)8-10-16;/h2-10,13,17H,11-12,20H2,1H3,(H,21,22);1H. The molecule has 2 rings (SSSR count). The lowest BCUT2D eigenvalue weighted by atomic mass is 9.95. The van der Waals surface area contributed by atoms with E-state index in [4.69, 9.17) is 17.3 Å². The molecule has 24 heavy (non-hydrogen) atoms. The molecule has 0 spiro atoms. The number of rotatable bonds is 7. The van der Waals surface area contributed by atoms with Gasteiger partial charge in [-0.2, -0.15) is 0 Å². The van der Waals surface area contributed by atoms with Gasteiger partial charge in [0, 0.05) is 28.3 Å². The van der Waals surface area contributed by atoms with Crippen LogP contribution in [0.4, 0.5) is 0 Å². The highest BCUT2D eigenvalue weighted by Crippen LogP contribution is 2.21. The summed E-state index contributed by atoms with van der Waals surface area (Å²) in [5.74, 6) is 0.525. The summed E-state index contributed by atoms with van der Waals surface area (Å²) in [5, 5.41) is 3.68. The minimum atomic E-state index is -0.292. The molecule has 0 aromatic heterocycles. The topological polar surface area (TPSA) is 55.1 Å². The third-order valence-electron chi connectivity index (χ3n) is 3.62. The second kappa shape index (κ2) is 10.6. The van der Waals surface area contributed by atoms with Crippen LogP contribution >= 0.6 is 35.8 Å². The third-order valence-corrected chi connectivity index (χ3v) is 4.89. The van der Waals surface area contributed by atoms with Gasteiger partial charge in [-0.1, -0.05) is 48.9 Å². The first-order chi connectivity index (χ1) is 11.1. The molecular formula is C18H22Cl2N2OS. The number of benzene rings is 2. The molecule has 0 aliphatic carbocycles. The molecule has 0 saturated carbocycles. The van der Waals surface area contributed by atoms with Crippen LogP contribution in [0.1, 0.15) is 18.5 Å². The fourth-order valence-corrected chi connectivity index (χ4v) is 3.06. The number of nitrogens with two attached hydrogens (primary N) is 1. The molecule has 2 unspecified atom stereocenters. The van der Waals surface area contributed by atoms with Crippen molar-refractivity contribution in [2.24, 2.45) is 11.7 Å². The maximum atomic E-state index is 12.2. The monoisotopic (exact) mass is 384 g/mol. The number of carbonyl (C=O) groups is 1. The fourth-order valence-electron chi connectivity index (χ4n) is 2.16. The predicted molar refractivity (Wildman–Crippen MR) is 105 cm³/mol. The number of carbonyl (C=O) groups excluding carboxylic acids is 1. The molecule has 0 fully saturated rings. The molecule has 2 aromatic carbocycles. The van der Waals surface area contributed by atoms with E-state index in [1.165, 1.54) is 0 Å². The Labute approximate surface area is 158 Å². The average Bonchev–Trinajstić information content (AvgIpc) is 2.59. The SMILES string of the molecule is CC(C(=O)NCCSc1ccc(Cl)cc1)C(N)c1ccccc1.Cl. The number of nitrogens with one attached hydrogen (secondary N) is 1. The summed E-state index contributed by atoms with van der Waals surface area (Å²) in [4.78, 5) is 13.3. The zero-order valence-electron chi connectivity index (χ0n) is 13.4. The Kier molecular flexibility index (Phi) is 9.22. The van der Waals surface area contributed by atoms with Crippen LogP contribution in [-0.4, -0.2) is 18.2 Å². The highest BCUT2D eigenvalue weighted by Gasteiger charge is 2.21. The first-order valence-corrected chi connectivity index (χ1v) is 8.91. The molecule has 0 radical (unpaired) electrons. The fraction of sp³-hybridized carbons (Fsp3) is 0.278. The van der Waals surface area contributed by atoms with E-state index in [0.717, 1.165) is 21.2 Å². The van der Waals surface area contributed by atoms with Gasteiger partial charge in [0.2, 0.25) is 5.91 Å². The number of amides is 1. The van der Waals surface area contributed by atoms with Gasteiger partial charge >= 0.3 is 0 Å². The van der Waals surface area contributed by atoms with Crippen LogP contribution in [-0.2, 0) is 4.79 Å². The lowest BCUT2D eigenvalue weighted by Gasteiger charge is -2.19. The van der Waals surface area contributed by atoms with E-state index in [1.54, 1.807) is 11.8 Å². The van der Waals surface area contributed by atoms with Crippen LogP contribution in [0.5, 0.6) is 0 Å². The quantitative estimate of drug-likeness (QED) is 0.552. The minimum absolute atomic E-state index is 0. The molecule has 130 valence electrons. The average molecular weight is 385 g/mol. The van der Waals surface area contributed by atoms with Gasteiger partial charge in [0.25, 0.3) is 0 Å².